The predicted molar refractivity (Wildman–Crippen MR) is 59.0 cm³/mol. The van der Waals surface area contributed by atoms with Gasteiger partial charge >= 0.3 is 0 Å². The highest BCUT2D eigenvalue weighted by molar-refractivity contribution is 5.47. The van der Waals surface area contributed by atoms with Crippen molar-refractivity contribution in [1.29, 1.82) is 5.26 Å². The number of rotatable bonds is 0. The quantitative estimate of drug-likeness (QED) is 0.669. The molecule has 0 bridgehead atoms. The maximum absolute atomic E-state index is 8.86. The number of hydrogen-bond acceptors (Lipinski definition) is 3. The van der Waals surface area contributed by atoms with Crippen LogP contribution in [0.2, 0.25) is 0 Å². The van der Waals surface area contributed by atoms with Gasteiger partial charge in [0.15, 0.2) is 11.3 Å². The molecule has 0 aliphatic heterocycles. The van der Waals surface area contributed by atoms with E-state index in [1.165, 1.54) is 11.3 Å². The summed E-state index contributed by atoms with van der Waals surface area (Å²) in [6.07, 6.45) is 4.08. The molecule has 0 amide bonds. The van der Waals surface area contributed by atoms with Crippen molar-refractivity contribution in [2.24, 2.45) is 0 Å². The van der Waals surface area contributed by atoms with Gasteiger partial charge in [-0.15, -0.1) is 0 Å². The fourth-order valence-electron chi connectivity index (χ4n) is 2.49. The van der Waals surface area contributed by atoms with Crippen LogP contribution < -0.4 is 0 Å². The summed E-state index contributed by atoms with van der Waals surface area (Å²) in [6, 6.07) is 3.79. The average molecular weight is 212 g/mol. The molecular formula is C12H12N4. The molecule has 3 rings (SSSR count). The van der Waals surface area contributed by atoms with Gasteiger partial charge in [0.1, 0.15) is 6.07 Å². The van der Waals surface area contributed by atoms with Crippen LogP contribution in [0.15, 0.2) is 12.3 Å². The minimum atomic E-state index is 0.120. The van der Waals surface area contributed by atoms with Crippen LogP contribution in [-0.4, -0.2) is 14.6 Å². The van der Waals surface area contributed by atoms with E-state index in [0.29, 0.717) is 5.69 Å². The molecule has 0 radical (unpaired) electrons. The second kappa shape index (κ2) is 2.82. The van der Waals surface area contributed by atoms with Crippen LogP contribution in [0.3, 0.4) is 0 Å². The summed E-state index contributed by atoms with van der Waals surface area (Å²) in [4.78, 5) is 4.34. The molecule has 0 aromatic carbocycles. The van der Waals surface area contributed by atoms with Gasteiger partial charge in [-0.05, 0) is 18.4 Å². The first-order chi connectivity index (χ1) is 7.62. The van der Waals surface area contributed by atoms with Crippen molar-refractivity contribution >= 4 is 5.65 Å². The molecule has 16 heavy (non-hydrogen) atoms. The van der Waals surface area contributed by atoms with Crippen LogP contribution in [0, 0.1) is 11.3 Å². The first-order valence-corrected chi connectivity index (χ1v) is 5.40. The third kappa shape index (κ3) is 1.09. The lowest BCUT2D eigenvalue weighted by Crippen LogP contribution is -2.17. The van der Waals surface area contributed by atoms with Gasteiger partial charge < -0.3 is 0 Å². The summed E-state index contributed by atoms with van der Waals surface area (Å²) in [5.74, 6) is 0. The molecular weight excluding hydrogens is 200 g/mol. The van der Waals surface area contributed by atoms with E-state index in [0.717, 1.165) is 18.5 Å². The van der Waals surface area contributed by atoms with E-state index in [2.05, 4.69) is 30.0 Å². The molecule has 0 saturated heterocycles. The highest BCUT2D eigenvalue weighted by Crippen LogP contribution is 2.37. The standard InChI is InChI=1S/C12H12N4/c1-12(2)4-3-8-7-14-10-5-9(6-13)15-16(10)11(8)12/h5,7H,3-4H2,1-2H3. The molecule has 0 atom stereocenters. The molecule has 0 saturated carbocycles. The molecule has 4 nitrogen and oxygen atoms in total. The minimum Gasteiger partial charge on any atom is -0.237 e. The molecule has 2 aromatic heterocycles. The van der Waals surface area contributed by atoms with Crippen molar-refractivity contribution < 1.29 is 0 Å². The van der Waals surface area contributed by atoms with Crippen molar-refractivity contribution in [3.05, 3.63) is 29.2 Å². The molecule has 4 heteroatoms. The zero-order chi connectivity index (χ0) is 11.3. The number of hydrogen-bond donors (Lipinski definition) is 0. The average Bonchev–Trinajstić information content (AvgIpc) is 2.78. The number of aryl methyl sites for hydroxylation is 1. The molecule has 1 aliphatic carbocycles. The Kier molecular flexibility index (Phi) is 1.65. The van der Waals surface area contributed by atoms with Crippen LogP contribution in [0.5, 0.6) is 0 Å². The summed E-state index contributed by atoms with van der Waals surface area (Å²) in [5.41, 5.74) is 3.79. The summed E-state index contributed by atoms with van der Waals surface area (Å²) < 4.78 is 1.83. The Labute approximate surface area is 93.5 Å². The molecule has 0 fully saturated rings. The van der Waals surface area contributed by atoms with Gasteiger partial charge in [-0.2, -0.15) is 10.4 Å². The zero-order valence-corrected chi connectivity index (χ0v) is 9.36. The smallest absolute Gasteiger partial charge is 0.165 e. The monoisotopic (exact) mass is 212 g/mol. The normalized spacial score (nSPS) is 17.3. The van der Waals surface area contributed by atoms with E-state index in [1.54, 1.807) is 6.07 Å². The Morgan fingerprint density at radius 1 is 1.50 bits per heavy atom. The van der Waals surface area contributed by atoms with Crippen molar-refractivity contribution in [3.63, 3.8) is 0 Å². The fraction of sp³-hybridized carbons (Fsp3) is 0.417. The second-order valence-corrected chi connectivity index (χ2v) is 4.93. The van der Waals surface area contributed by atoms with Crippen molar-refractivity contribution in [2.75, 3.05) is 0 Å². The third-order valence-electron chi connectivity index (χ3n) is 3.33. The van der Waals surface area contributed by atoms with E-state index >= 15 is 0 Å². The molecule has 2 aromatic rings. The number of fused-ring (bicyclic) bond motifs is 3. The van der Waals surface area contributed by atoms with Gasteiger partial charge in [0.05, 0.1) is 5.69 Å². The van der Waals surface area contributed by atoms with Gasteiger partial charge in [-0.1, -0.05) is 13.8 Å². The summed E-state index contributed by atoms with van der Waals surface area (Å²) in [6.45, 7) is 4.43. The van der Waals surface area contributed by atoms with Gasteiger partial charge in [0.25, 0.3) is 0 Å². The molecule has 0 N–H and O–H groups in total. The van der Waals surface area contributed by atoms with Crippen LogP contribution in [0.25, 0.3) is 5.65 Å². The Hall–Kier alpha value is -1.89. The van der Waals surface area contributed by atoms with Crippen molar-refractivity contribution in [2.45, 2.75) is 32.1 Å². The van der Waals surface area contributed by atoms with E-state index in [9.17, 15) is 0 Å². The summed E-state index contributed by atoms with van der Waals surface area (Å²) >= 11 is 0. The first kappa shape index (κ1) is 9.34. The lowest BCUT2D eigenvalue weighted by Gasteiger charge is -2.19. The van der Waals surface area contributed by atoms with Gasteiger partial charge in [0, 0.05) is 17.7 Å². The molecule has 1 aliphatic rings. The summed E-state index contributed by atoms with van der Waals surface area (Å²) in [5, 5.41) is 13.2. The highest BCUT2D eigenvalue weighted by Gasteiger charge is 2.33. The van der Waals surface area contributed by atoms with Crippen LogP contribution >= 0.6 is 0 Å². The van der Waals surface area contributed by atoms with Gasteiger partial charge in [0.2, 0.25) is 0 Å². The zero-order valence-electron chi connectivity index (χ0n) is 9.36. The Bertz CT molecular complexity index is 616. The largest absolute Gasteiger partial charge is 0.237 e. The number of nitriles is 1. The van der Waals surface area contributed by atoms with Crippen LogP contribution in [-0.2, 0) is 11.8 Å². The number of aromatic nitrogens is 3. The molecule has 0 spiro atoms. The van der Waals surface area contributed by atoms with Crippen molar-refractivity contribution in [1.82, 2.24) is 14.6 Å². The lowest BCUT2D eigenvalue weighted by molar-refractivity contribution is 0.497. The minimum absolute atomic E-state index is 0.120. The molecule has 80 valence electrons. The maximum atomic E-state index is 8.86. The molecule has 0 unspecified atom stereocenters. The summed E-state index contributed by atoms with van der Waals surface area (Å²) in [7, 11) is 0. The fourth-order valence-corrected chi connectivity index (χ4v) is 2.49. The molecule has 2 heterocycles. The Balaban J connectivity index is 2.40. The van der Waals surface area contributed by atoms with Crippen molar-refractivity contribution in [3.8, 4) is 6.07 Å². The maximum Gasteiger partial charge on any atom is 0.165 e. The van der Waals surface area contributed by atoms with E-state index in [1.807, 2.05) is 10.7 Å². The highest BCUT2D eigenvalue weighted by atomic mass is 15.3. The van der Waals surface area contributed by atoms with E-state index < -0.39 is 0 Å². The number of nitrogens with zero attached hydrogens (tertiary/aromatic N) is 4. The Morgan fingerprint density at radius 2 is 2.31 bits per heavy atom. The topological polar surface area (TPSA) is 54.0 Å². The lowest BCUT2D eigenvalue weighted by atomic mass is 9.91. The van der Waals surface area contributed by atoms with E-state index in [-0.39, 0.29) is 5.41 Å². The SMILES string of the molecule is CC1(C)CCc2cnc3cc(C#N)nn3c21. The van der Waals surface area contributed by atoms with E-state index in [4.69, 9.17) is 5.26 Å². The Morgan fingerprint density at radius 3 is 3.06 bits per heavy atom. The van der Waals surface area contributed by atoms with Gasteiger partial charge in [-0.3, -0.25) is 0 Å². The van der Waals surface area contributed by atoms with Gasteiger partial charge in [-0.25, -0.2) is 9.50 Å². The first-order valence-electron chi connectivity index (χ1n) is 5.40. The third-order valence-corrected chi connectivity index (χ3v) is 3.33. The predicted octanol–water partition coefficient (Wildman–Crippen LogP) is 1.82. The van der Waals surface area contributed by atoms with Crippen LogP contribution in [0.4, 0.5) is 0 Å². The van der Waals surface area contributed by atoms with Crippen LogP contribution in [0.1, 0.15) is 37.2 Å². The second-order valence-electron chi connectivity index (χ2n) is 4.93.